The van der Waals surface area contributed by atoms with E-state index in [0.29, 0.717) is 10.9 Å². The van der Waals surface area contributed by atoms with E-state index in [0.717, 1.165) is 39.1 Å². The average molecular weight is 464 g/mol. The maximum atomic E-state index is 12.5. The van der Waals surface area contributed by atoms with E-state index in [4.69, 9.17) is 4.98 Å². The van der Waals surface area contributed by atoms with Crippen LogP contribution in [0.2, 0.25) is 0 Å². The number of rotatable bonds is 6. The van der Waals surface area contributed by atoms with Crippen LogP contribution in [0.5, 0.6) is 0 Å². The molecule has 0 radical (unpaired) electrons. The molecule has 2 aromatic heterocycles. The fraction of sp³-hybridized carbons (Fsp3) is 0.250. The third kappa shape index (κ3) is 4.47. The Hall–Kier alpha value is -2.97. The molecule has 4 rings (SSSR count). The summed E-state index contributed by atoms with van der Waals surface area (Å²) in [7, 11) is 1.97. The number of thioether (sulfide) groups is 1. The molecule has 2 heterocycles. The van der Waals surface area contributed by atoms with Crippen LogP contribution in [0.4, 0.5) is 10.8 Å². The van der Waals surface area contributed by atoms with Crippen molar-refractivity contribution >= 4 is 39.8 Å². The van der Waals surface area contributed by atoms with Gasteiger partial charge in [-0.15, -0.1) is 21.5 Å². The summed E-state index contributed by atoms with van der Waals surface area (Å²) in [5.74, 6) is 1.43. The number of nitrogens with zero attached hydrogens (tertiary/aromatic N) is 5. The second kappa shape index (κ2) is 9.26. The largest absolute Gasteiger partial charge is 0.305 e. The minimum atomic E-state index is -0.0525. The van der Waals surface area contributed by atoms with E-state index >= 15 is 0 Å². The molecule has 0 aliphatic rings. The summed E-state index contributed by atoms with van der Waals surface area (Å²) in [6.45, 7) is 7.72. The van der Waals surface area contributed by atoms with Gasteiger partial charge >= 0.3 is 0 Å². The lowest BCUT2D eigenvalue weighted by molar-refractivity contribution is -0.115. The monoisotopic (exact) mass is 463 g/mol. The number of carbonyl (C=O) groups excluding carboxylic acids is 1. The molecule has 6 nitrogen and oxygen atoms in total. The van der Waals surface area contributed by atoms with Gasteiger partial charge in [0, 0.05) is 30.7 Å². The Morgan fingerprint density at radius 1 is 1.09 bits per heavy atom. The average Bonchev–Trinajstić information content (AvgIpc) is 3.37. The van der Waals surface area contributed by atoms with Crippen LogP contribution in [0.1, 0.15) is 29.3 Å². The minimum Gasteiger partial charge on any atom is -0.305 e. The highest BCUT2D eigenvalue weighted by Crippen LogP contribution is 2.34. The number of aromatic nitrogens is 4. The molecular formula is C24H25N5OS2. The Morgan fingerprint density at radius 3 is 2.56 bits per heavy atom. The number of hydrogen-bond acceptors (Lipinski definition) is 6. The van der Waals surface area contributed by atoms with Crippen LogP contribution in [0.25, 0.3) is 11.4 Å². The lowest BCUT2D eigenvalue weighted by Gasteiger charge is -2.21. The highest BCUT2D eigenvalue weighted by atomic mass is 32.2. The first-order valence-corrected chi connectivity index (χ1v) is 12.1. The van der Waals surface area contributed by atoms with Gasteiger partial charge in [0.1, 0.15) is 0 Å². The van der Waals surface area contributed by atoms with Crippen LogP contribution in [0.15, 0.2) is 53.0 Å². The summed E-state index contributed by atoms with van der Waals surface area (Å²) in [6, 6.07) is 14.2. The van der Waals surface area contributed by atoms with Gasteiger partial charge in [-0.25, -0.2) is 4.98 Å². The second-order valence-corrected chi connectivity index (χ2v) is 9.49. The molecule has 0 bridgehead atoms. The van der Waals surface area contributed by atoms with E-state index in [2.05, 4.69) is 41.4 Å². The molecule has 0 saturated carbocycles. The topological polar surface area (TPSA) is 63.9 Å². The van der Waals surface area contributed by atoms with Gasteiger partial charge in [0.05, 0.1) is 11.4 Å². The Labute approximate surface area is 196 Å². The van der Waals surface area contributed by atoms with Gasteiger partial charge in [-0.05, 0) is 38.0 Å². The molecule has 0 aliphatic carbocycles. The van der Waals surface area contributed by atoms with E-state index in [1.54, 1.807) is 23.6 Å². The molecule has 0 spiro atoms. The Bertz CT molecular complexity index is 1260. The van der Waals surface area contributed by atoms with Gasteiger partial charge in [-0.1, -0.05) is 53.7 Å². The molecule has 0 saturated heterocycles. The van der Waals surface area contributed by atoms with Crippen LogP contribution < -0.4 is 4.90 Å². The summed E-state index contributed by atoms with van der Waals surface area (Å²) in [4.78, 5) is 18.9. The van der Waals surface area contributed by atoms with E-state index in [-0.39, 0.29) is 5.91 Å². The number of thiazole rings is 1. The van der Waals surface area contributed by atoms with Gasteiger partial charge in [-0.3, -0.25) is 9.69 Å². The molecule has 0 aliphatic heterocycles. The molecule has 0 atom stereocenters. The van der Waals surface area contributed by atoms with Gasteiger partial charge in [-0.2, -0.15) is 0 Å². The van der Waals surface area contributed by atoms with E-state index < -0.39 is 0 Å². The molecule has 2 aromatic carbocycles. The molecule has 1 amide bonds. The van der Waals surface area contributed by atoms with Crippen molar-refractivity contribution in [2.45, 2.75) is 38.6 Å². The lowest BCUT2D eigenvalue weighted by Crippen LogP contribution is -2.23. The lowest BCUT2D eigenvalue weighted by atomic mass is 10.1. The number of carbonyl (C=O) groups is 1. The second-order valence-electron chi connectivity index (χ2n) is 7.71. The molecule has 0 N–H and O–H groups in total. The van der Waals surface area contributed by atoms with Crippen molar-refractivity contribution in [1.29, 1.82) is 0 Å². The zero-order chi connectivity index (χ0) is 22.8. The SMILES string of the molecule is CC(=O)N(c1nc(CSc2nnc(-c3ccc(C)cc3)n2C)cs1)c1cccc(C)c1C. The van der Waals surface area contributed by atoms with E-state index in [1.807, 2.05) is 49.0 Å². The fourth-order valence-electron chi connectivity index (χ4n) is 3.38. The van der Waals surface area contributed by atoms with Crippen molar-refractivity contribution in [3.05, 3.63) is 70.2 Å². The van der Waals surface area contributed by atoms with Crippen molar-refractivity contribution in [2.24, 2.45) is 7.05 Å². The van der Waals surface area contributed by atoms with Crippen LogP contribution in [-0.4, -0.2) is 25.7 Å². The van der Waals surface area contributed by atoms with E-state index in [1.165, 1.54) is 16.9 Å². The Morgan fingerprint density at radius 2 is 1.84 bits per heavy atom. The zero-order valence-electron chi connectivity index (χ0n) is 18.8. The van der Waals surface area contributed by atoms with Crippen LogP contribution >= 0.6 is 23.1 Å². The third-order valence-electron chi connectivity index (χ3n) is 5.36. The van der Waals surface area contributed by atoms with Crippen molar-refractivity contribution in [3.8, 4) is 11.4 Å². The quantitative estimate of drug-likeness (QED) is 0.336. The summed E-state index contributed by atoms with van der Waals surface area (Å²) < 4.78 is 2.00. The predicted octanol–water partition coefficient (Wildman–Crippen LogP) is 5.84. The molecule has 4 aromatic rings. The van der Waals surface area contributed by atoms with Crippen molar-refractivity contribution < 1.29 is 4.79 Å². The molecule has 8 heteroatoms. The van der Waals surface area contributed by atoms with E-state index in [9.17, 15) is 4.79 Å². The van der Waals surface area contributed by atoms with Crippen LogP contribution in [0.3, 0.4) is 0 Å². The van der Waals surface area contributed by atoms with Gasteiger partial charge in [0.25, 0.3) is 0 Å². The first-order valence-electron chi connectivity index (χ1n) is 10.3. The Kier molecular flexibility index (Phi) is 6.43. The number of benzene rings is 2. The Balaban J connectivity index is 1.52. The predicted molar refractivity (Wildman–Crippen MR) is 132 cm³/mol. The van der Waals surface area contributed by atoms with Crippen LogP contribution in [-0.2, 0) is 17.6 Å². The summed E-state index contributed by atoms with van der Waals surface area (Å²) in [5.41, 5.74) is 6.27. The molecule has 0 unspecified atom stereocenters. The maximum absolute atomic E-state index is 12.5. The van der Waals surface area contributed by atoms with Crippen molar-refractivity contribution in [1.82, 2.24) is 19.7 Å². The third-order valence-corrected chi connectivity index (χ3v) is 7.28. The van der Waals surface area contributed by atoms with Gasteiger partial charge < -0.3 is 4.57 Å². The highest BCUT2D eigenvalue weighted by Gasteiger charge is 2.20. The number of amides is 1. The standard InChI is InChI=1S/C24H25N5OS2/c1-15-9-11-19(12-10-15)22-26-27-24(28(22)5)32-14-20-13-31-23(25-20)29(18(4)30)21-8-6-7-16(2)17(21)3/h6-13H,14H2,1-5H3. The maximum Gasteiger partial charge on any atom is 0.230 e. The molecular weight excluding hydrogens is 438 g/mol. The van der Waals surface area contributed by atoms with Gasteiger partial charge in [0.2, 0.25) is 5.91 Å². The smallest absolute Gasteiger partial charge is 0.230 e. The minimum absolute atomic E-state index is 0.0525. The number of hydrogen-bond donors (Lipinski definition) is 0. The zero-order valence-corrected chi connectivity index (χ0v) is 20.4. The number of anilines is 2. The first-order chi connectivity index (χ1) is 15.3. The fourth-order valence-corrected chi connectivity index (χ4v) is 5.17. The molecule has 0 fully saturated rings. The first kappa shape index (κ1) is 22.2. The molecule has 164 valence electrons. The van der Waals surface area contributed by atoms with Gasteiger partial charge in [0.15, 0.2) is 16.1 Å². The van der Waals surface area contributed by atoms with Crippen LogP contribution in [0, 0.1) is 20.8 Å². The normalized spacial score (nSPS) is 11.0. The summed E-state index contributed by atoms with van der Waals surface area (Å²) >= 11 is 3.06. The highest BCUT2D eigenvalue weighted by molar-refractivity contribution is 7.98. The summed E-state index contributed by atoms with van der Waals surface area (Å²) in [5, 5.41) is 12.2. The number of aryl methyl sites for hydroxylation is 2. The summed E-state index contributed by atoms with van der Waals surface area (Å²) in [6.07, 6.45) is 0. The van der Waals surface area contributed by atoms with Crippen molar-refractivity contribution in [3.63, 3.8) is 0 Å². The van der Waals surface area contributed by atoms with Crippen molar-refractivity contribution in [2.75, 3.05) is 4.90 Å². The molecule has 32 heavy (non-hydrogen) atoms.